The van der Waals surface area contributed by atoms with Gasteiger partial charge in [-0.05, 0) is 44.9 Å². The van der Waals surface area contributed by atoms with Crippen LogP contribution < -0.4 is 11.1 Å². The molecular formula is C15H24ClN3O2S. The minimum atomic E-state index is 0. The molecule has 1 aromatic heterocycles. The fraction of sp³-hybridized carbons (Fsp3) is 0.733. The Kier molecular flexibility index (Phi) is 6.62. The van der Waals surface area contributed by atoms with Crippen LogP contribution in [0.25, 0.3) is 0 Å². The van der Waals surface area contributed by atoms with Gasteiger partial charge in [-0.1, -0.05) is 0 Å². The van der Waals surface area contributed by atoms with Crippen LogP contribution in [0.15, 0.2) is 0 Å². The number of nitrogens with one attached hydrogen (secondary N) is 1. The van der Waals surface area contributed by atoms with Gasteiger partial charge in [-0.3, -0.25) is 4.79 Å². The molecule has 1 saturated heterocycles. The van der Waals surface area contributed by atoms with E-state index in [1.807, 2.05) is 0 Å². The molecule has 7 heteroatoms. The molecule has 2 aliphatic rings. The number of hydrogen-bond donors (Lipinski definition) is 2. The molecule has 1 aromatic rings. The van der Waals surface area contributed by atoms with E-state index in [0.29, 0.717) is 6.42 Å². The smallest absolute Gasteiger partial charge is 0.226 e. The highest BCUT2D eigenvalue weighted by Gasteiger charge is 2.21. The number of amides is 1. The number of nitrogens with zero attached hydrogens (tertiary/aromatic N) is 1. The van der Waals surface area contributed by atoms with E-state index in [1.54, 1.807) is 11.3 Å². The summed E-state index contributed by atoms with van der Waals surface area (Å²) in [4.78, 5) is 17.8. The summed E-state index contributed by atoms with van der Waals surface area (Å²) in [5.41, 5.74) is 7.09. The molecule has 3 rings (SSSR count). The van der Waals surface area contributed by atoms with E-state index in [9.17, 15) is 4.79 Å². The second-order valence-electron chi connectivity index (χ2n) is 5.97. The first-order valence-electron chi connectivity index (χ1n) is 7.86. The van der Waals surface area contributed by atoms with E-state index < -0.39 is 0 Å². The normalized spacial score (nSPS) is 24.2. The van der Waals surface area contributed by atoms with Gasteiger partial charge in [0, 0.05) is 23.9 Å². The molecule has 0 radical (unpaired) electrons. The Labute approximate surface area is 141 Å². The van der Waals surface area contributed by atoms with Crippen LogP contribution >= 0.6 is 23.7 Å². The number of thiazole rings is 1. The highest BCUT2D eigenvalue weighted by molar-refractivity contribution is 7.15. The molecule has 1 unspecified atom stereocenters. The van der Waals surface area contributed by atoms with Crippen molar-refractivity contribution in [3.05, 3.63) is 10.6 Å². The van der Waals surface area contributed by atoms with Gasteiger partial charge in [-0.2, -0.15) is 0 Å². The number of nitrogens with two attached hydrogens (primary N) is 1. The van der Waals surface area contributed by atoms with E-state index >= 15 is 0 Å². The Morgan fingerprint density at radius 1 is 1.41 bits per heavy atom. The third-order valence-corrected chi connectivity index (χ3v) is 5.23. The summed E-state index contributed by atoms with van der Waals surface area (Å²) in [5, 5.41) is 3.65. The maximum absolute atomic E-state index is 12.0. The molecule has 22 heavy (non-hydrogen) atoms. The Morgan fingerprint density at radius 3 is 3.05 bits per heavy atom. The summed E-state index contributed by atoms with van der Waals surface area (Å²) in [5.74, 6) is 0.0413. The molecule has 2 atom stereocenters. The van der Waals surface area contributed by atoms with E-state index in [0.717, 1.165) is 56.0 Å². The zero-order valence-electron chi connectivity index (χ0n) is 12.7. The van der Waals surface area contributed by atoms with Crippen LogP contribution in [0.3, 0.4) is 0 Å². The largest absolute Gasteiger partial charge is 0.378 e. The van der Waals surface area contributed by atoms with E-state index in [-0.39, 0.29) is 30.5 Å². The summed E-state index contributed by atoms with van der Waals surface area (Å²) in [6.45, 7) is 0.839. The van der Waals surface area contributed by atoms with Crippen molar-refractivity contribution in [3.63, 3.8) is 0 Å². The first-order chi connectivity index (χ1) is 10.2. The van der Waals surface area contributed by atoms with Crippen LogP contribution in [0, 0.1) is 0 Å². The first-order valence-corrected chi connectivity index (χ1v) is 8.68. The van der Waals surface area contributed by atoms with Crippen LogP contribution in [0.4, 0.5) is 5.13 Å². The number of fused-ring (bicyclic) bond motifs is 1. The number of halogens is 1. The van der Waals surface area contributed by atoms with E-state index in [4.69, 9.17) is 10.5 Å². The van der Waals surface area contributed by atoms with Gasteiger partial charge in [-0.15, -0.1) is 23.7 Å². The average molecular weight is 346 g/mol. The topological polar surface area (TPSA) is 77.2 Å². The quantitative estimate of drug-likeness (QED) is 0.879. The lowest BCUT2D eigenvalue weighted by Gasteiger charge is -2.21. The Hall–Kier alpha value is -0.690. The second-order valence-corrected chi connectivity index (χ2v) is 7.05. The Bertz CT molecular complexity index is 503. The molecule has 1 fully saturated rings. The van der Waals surface area contributed by atoms with Crippen LogP contribution in [0.5, 0.6) is 0 Å². The number of ether oxygens (including phenoxy) is 1. The molecule has 1 amide bonds. The third kappa shape index (κ3) is 4.65. The number of hydrogen-bond acceptors (Lipinski definition) is 5. The van der Waals surface area contributed by atoms with Gasteiger partial charge in [0.05, 0.1) is 11.8 Å². The Morgan fingerprint density at radius 2 is 2.27 bits per heavy atom. The molecule has 1 aliphatic carbocycles. The molecule has 0 saturated carbocycles. The molecule has 1 aliphatic heterocycles. The first kappa shape index (κ1) is 17.7. The lowest BCUT2D eigenvalue weighted by Crippen LogP contribution is -2.27. The lowest BCUT2D eigenvalue weighted by molar-refractivity contribution is -0.117. The van der Waals surface area contributed by atoms with E-state index in [2.05, 4.69) is 10.3 Å². The average Bonchev–Trinajstić information content (AvgIpc) is 2.87. The standard InChI is InChI=1S/C15H23N3O2S.ClH/c16-10-4-6-12-13(9-10)21-15(17-12)18-14(19)7-5-11-3-1-2-8-20-11;/h10-11H,1-9,16H2,(H,17,18,19);1H/t10-,11?;/m0./s1. The molecular weight excluding hydrogens is 322 g/mol. The van der Waals surface area contributed by atoms with Crippen LogP contribution in [0.1, 0.15) is 49.1 Å². The summed E-state index contributed by atoms with van der Waals surface area (Å²) < 4.78 is 5.65. The summed E-state index contributed by atoms with van der Waals surface area (Å²) in [7, 11) is 0. The van der Waals surface area contributed by atoms with Crippen molar-refractivity contribution in [2.75, 3.05) is 11.9 Å². The van der Waals surface area contributed by atoms with Crippen LogP contribution in [0.2, 0.25) is 0 Å². The van der Waals surface area contributed by atoms with Crippen molar-refractivity contribution in [1.82, 2.24) is 4.98 Å². The van der Waals surface area contributed by atoms with Gasteiger partial charge in [0.25, 0.3) is 0 Å². The van der Waals surface area contributed by atoms with Crippen molar-refractivity contribution in [2.45, 2.75) is 63.5 Å². The highest BCUT2D eigenvalue weighted by atomic mass is 35.5. The fourth-order valence-corrected chi connectivity index (χ4v) is 4.08. The predicted molar refractivity (Wildman–Crippen MR) is 90.8 cm³/mol. The second kappa shape index (κ2) is 8.24. The minimum absolute atomic E-state index is 0. The molecule has 0 bridgehead atoms. The van der Waals surface area contributed by atoms with Crippen molar-refractivity contribution in [1.29, 1.82) is 0 Å². The molecule has 0 spiro atoms. The van der Waals surface area contributed by atoms with Crippen molar-refractivity contribution >= 4 is 34.8 Å². The monoisotopic (exact) mass is 345 g/mol. The van der Waals surface area contributed by atoms with Crippen LogP contribution in [-0.4, -0.2) is 29.6 Å². The lowest BCUT2D eigenvalue weighted by atomic mass is 9.99. The number of carbonyl (C=O) groups is 1. The minimum Gasteiger partial charge on any atom is -0.378 e. The molecule has 0 aromatic carbocycles. The zero-order valence-corrected chi connectivity index (χ0v) is 14.3. The summed E-state index contributed by atoms with van der Waals surface area (Å²) in [6.07, 6.45) is 7.82. The van der Waals surface area contributed by atoms with Gasteiger partial charge in [-0.25, -0.2) is 4.98 Å². The number of aryl methyl sites for hydroxylation is 1. The van der Waals surface area contributed by atoms with Gasteiger partial charge in [0.1, 0.15) is 0 Å². The fourth-order valence-electron chi connectivity index (χ4n) is 2.96. The van der Waals surface area contributed by atoms with Crippen LogP contribution in [-0.2, 0) is 22.4 Å². The number of aromatic nitrogens is 1. The van der Waals surface area contributed by atoms with Gasteiger partial charge in [0.15, 0.2) is 5.13 Å². The van der Waals surface area contributed by atoms with E-state index in [1.165, 1.54) is 11.3 Å². The maximum atomic E-state index is 12.0. The van der Waals surface area contributed by atoms with Crippen molar-refractivity contribution in [3.8, 4) is 0 Å². The summed E-state index contributed by atoms with van der Waals surface area (Å²) >= 11 is 1.57. The summed E-state index contributed by atoms with van der Waals surface area (Å²) in [6, 6.07) is 0.241. The number of anilines is 1. The van der Waals surface area contributed by atoms with Crippen molar-refractivity contribution < 1.29 is 9.53 Å². The van der Waals surface area contributed by atoms with Gasteiger partial charge >= 0.3 is 0 Å². The maximum Gasteiger partial charge on any atom is 0.226 e. The SMILES string of the molecule is Cl.N[C@H]1CCc2nc(NC(=O)CCC3CCCCO3)sc2C1. The molecule has 3 N–H and O–H groups in total. The number of rotatable bonds is 4. The van der Waals surface area contributed by atoms with Gasteiger partial charge < -0.3 is 15.8 Å². The molecule has 5 nitrogen and oxygen atoms in total. The molecule has 2 heterocycles. The highest BCUT2D eigenvalue weighted by Crippen LogP contribution is 2.29. The molecule has 124 valence electrons. The Balaban J connectivity index is 0.00000176. The van der Waals surface area contributed by atoms with Crippen molar-refractivity contribution in [2.24, 2.45) is 5.73 Å². The number of carbonyl (C=O) groups excluding carboxylic acids is 1. The zero-order chi connectivity index (χ0) is 14.7. The third-order valence-electron chi connectivity index (χ3n) is 4.19. The van der Waals surface area contributed by atoms with Gasteiger partial charge in [0.2, 0.25) is 5.91 Å². The predicted octanol–water partition coefficient (Wildman–Crippen LogP) is 2.67.